The van der Waals surface area contributed by atoms with Crippen molar-refractivity contribution >= 4 is 11.8 Å². The zero-order chi connectivity index (χ0) is 19.5. The van der Waals surface area contributed by atoms with Gasteiger partial charge in [-0.3, -0.25) is 10.1 Å². The Morgan fingerprint density at radius 1 is 1.32 bits per heavy atom. The van der Waals surface area contributed by atoms with Crippen LogP contribution >= 0.6 is 0 Å². The van der Waals surface area contributed by atoms with E-state index in [2.05, 4.69) is 15.8 Å². The lowest BCUT2D eigenvalue weighted by Gasteiger charge is -2.25. The highest BCUT2D eigenvalue weighted by Gasteiger charge is 2.32. The normalized spacial score (nSPS) is 14.4. The van der Waals surface area contributed by atoms with Crippen molar-refractivity contribution in [1.29, 1.82) is 0 Å². The average Bonchev–Trinajstić information content (AvgIpc) is 2.91. The van der Waals surface area contributed by atoms with Crippen LogP contribution in [0.4, 0.5) is 19.1 Å². The molecule has 0 saturated heterocycles. The number of aromatic nitrogens is 1. The predicted octanol–water partition coefficient (Wildman–Crippen LogP) is 2.98. The van der Waals surface area contributed by atoms with Gasteiger partial charge in [0.1, 0.15) is 0 Å². The zero-order valence-electron chi connectivity index (χ0n) is 15.1. The molecular formula is C16H26F3N3O3. The highest BCUT2D eigenvalue weighted by atomic mass is 19.4. The van der Waals surface area contributed by atoms with Gasteiger partial charge in [-0.2, -0.15) is 13.2 Å². The largest absolute Gasteiger partial charge is 0.392 e. The molecule has 144 valence electrons. The second-order valence-corrected chi connectivity index (χ2v) is 7.20. The van der Waals surface area contributed by atoms with Crippen LogP contribution in [0.3, 0.4) is 0 Å². The number of nitrogens with zero attached hydrogens (tertiary/aromatic N) is 1. The number of halogens is 3. The van der Waals surface area contributed by atoms with Crippen LogP contribution in [0.15, 0.2) is 10.6 Å². The molecule has 0 aromatic carbocycles. The Hall–Kier alpha value is -1.61. The van der Waals surface area contributed by atoms with E-state index in [1.54, 1.807) is 34.6 Å². The topological polar surface area (TPSA) is 87.4 Å². The number of carbonyl (C=O) groups is 1. The number of hydrogen-bond donors (Lipinski definition) is 3. The molecule has 0 spiro atoms. The Labute approximate surface area is 145 Å². The molecule has 25 heavy (non-hydrogen) atoms. The van der Waals surface area contributed by atoms with Gasteiger partial charge in [-0.1, -0.05) is 19.0 Å². The first-order valence-electron chi connectivity index (χ1n) is 8.04. The van der Waals surface area contributed by atoms with Crippen molar-refractivity contribution < 1.29 is 27.6 Å². The molecule has 0 saturated carbocycles. The Balaban J connectivity index is 2.61. The van der Waals surface area contributed by atoms with Crippen LogP contribution in [-0.2, 0) is 10.2 Å². The van der Waals surface area contributed by atoms with Crippen molar-refractivity contribution in [3.05, 3.63) is 11.8 Å². The van der Waals surface area contributed by atoms with Crippen molar-refractivity contribution in [3.63, 3.8) is 0 Å². The summed E-state index contributed by atoms with van der Waals surface area (Å²) in [5, 5.41) is 19.0. The van der Waals surface area contributed by atoms with E-state index >= 15 is 0 Å². The molecular weight excluding hydrogens is 339 g/mol. The molecule has 0 aliphatic carbocycles. The average molecular weight is 365 g/mol. The van der Waals surface area contributed by atoms with Gasteiger partial charge < -0.3 is 14.9 Å². The van der Waals surface area contributed by atoms with Gasteiger partial charge in [0.2, 0.25) is 11.8 Å². The van der Waals surface area contributed by atoms with Crippen LogP contribution < -0.4 is 10.6 Å². The molecule has 1 atom stereocenters. The molecule has 0 aliphatic heterocycles. The SMILES string of the molecule is C[C@H](O)C(C)(C)c1cc(NC(=O)C(C)(C)NCCCC(F)(F)F)on1. The molecule has 1 amide bonds. The predicted molar refractivity (Wildman–Crippen MR) is 87.2 cm³/mol. The summed E-state index contributed by atoms with van der Waals surface area (Å²) in [7, 11) is 0. The second-order valence-electron chi connectivity index (χ2n) is 7.20. The number of aliphatic hydroxyl groups is 1. The van der Waals surface area contributed by atoms with E-state index in [0.29, 0.717) is 5.69 Å². The van der Waals surface area contributed by atoms with Crippen molar-refractivity contribution in [1.82, 2.24) is 10.5 Å². The van der Waals surface area contributed by atoms with Crippen molar-refractivity contribution in [2.75, 3.05) is 11.9 Å². The molecule has 1 heterocycles. The molecule has 0 unspecified atom stereocenters. The van der Waals surface area contributed by atoms with Crippen LogP contribution in [0, 0.1) is 0 Å². The van der Waals surface area contributed by atoms with E-state index in [1.807, 2.05) is 0 Å². The zero-order valence-corrected chi connectivity index (χ0v) is 15.1. The van der Waals surface area contributed by atoms with Crippen LogP contribution in [0.5, 0.6) is 0 Å². The Morgan fingerprint density at radius 2 is 1.92 bits per heavy atom. The molecule has 1 aromatic heterocycles. The smallest absolute Gasteiger partial charge is 0.389 e. The molecule has 6 nitrogen and oxygen atoms in total. The molecule has 0 radical (unpaired) electrons. The lowest BCUT2D eigenvalue weighted by molar-refractivity contribution is -0.135. The lowest BCUT2D eigenvalue weighted by Crippen LogP contribution is -2.50. The van der Waals surface area contributed by atoms with Gasteiger partial charge in [-0.25, -0.2) is 0 Å². The minimum absolute atomic E-state index is 0.0522. The summed E-state index contributed by atoms with van der Waals surface area (Å²) in [6.07, 6.45) is -5.90. The first-order chi connectivity index (χ1) is 11.3. The standard InChI is InChI=1S/C16H26F3N3O3/c1-10(23)14(2,3)11-9-12(25-22-11)21-13(24)15(4,5)20-8-6-7-16(17,18)19/h9-10,20,23H,6-8H2,1-5H3,(H,21,24)/t10-/m0/s1. The first-order valence-corrected chi connectivity index (χ1v) is 8.04. The third-order valence-electron chi connectivity index (χ3n) is 4.22. The van der Waals surface area contributed by atoms with E-state index in [1.165, 1.54) is 6.07 Å². The Bertz CT molecular complexity index is 581. The number of anilines is 1. The van der Waals surface area contributed by atoms with Crippen LogP contribution in [0.1, 0.15) is 53.2 Å². The van der Waals surface area contributed by atoms with Gasteiger partial charge in [0.25, 0.3) is 0 Å². The van der Waals surface area contributed by atoms with E-state index in [-0.39, 0.29) is 18.8 Å². The number of carbonyl (C=O) groups excluding carboxylic acids is 1. The number of alkyl halides is 3. The van der Waals surface area contributed by atoms with Gasteiger partial charge in [0, 0.05) is 17.9 Å². The molecule has 9 heteroatoms. The van der Waals surface area contributed by atoms with Gasteiger partial charge >= 0.3 is 6.18 Å². The molecule has 0 bridgehead atoms. The summed E-state index contributed by atoms with van der Waals surface area (Å²) in [6, 6.07) is 1.52. The van der Waals surface area contributed by atoms with Crippen LogP contribution in [0.25, 0.3) is 0 Å². The monoisotopic (exact) mass is 365 g/mol. The summed E-state index contributed by atoms with van der Waals surface area (Å²) in [5.41, 5.74) is -1.26. The fourth-order valence-electron chi connectivity index (χ4n) is 1.89. The van der Waals surface area contributed by atoms with Crippen LogP contribution in [-0.4, -0.2) is 40.5 Å². The highest BCUT2D eigenvalue weighted by molar-refractivity contribution is 5.96. The van der Waals surface area contributed by atoms with E-state index < -0.39 is 35.6 Å². The van der Waals surface area contributed by atoms with Crippen molar-refractivity contribution in [2.24, 2.45) is 0 Å². The minimum atomic E-state index is -4.21. The molecule has 1 rings (SSSR count). The summed E-state index contributed by atoms with van der Waals surface area (Å²) in [5.74, 6) is -0.351. The highest BCUT2D eigenvalue weighted by Crippen LogP contribution is 2.28. The maximum atomic E-state index is 12.3. The lowest BCUT2D eigenvalue weighted by atomic mass is 9.84. The van der Waals surface area contributed by atoms with Crippen molar-refractivity contribution in [3.8, 4) is 0 Å². The summed E-state index contributed by atoms with van der Waals surface area (Å²) >= 11 is 0. The number of aliphatic hydroxyl groups excluding tert-OH is 1. The van der Waals surface area contributed by atoms with Gasteiger partial charge in [0.05, 0.1) is 17.3 Å². The maximum Gasteiger partial charge on any atom is 0.389 e. The van der Waals surface area contributed by atoms with E-state index in [9.17, 15) is 23.1 Å². The third-order valence-corrected chi connectivity index (χ3v) is 4.22. The number of rotatable bonds is 8. The van der Waals surface area contributed by atoms with Gasteiger partial charge in [-0.05, 0) is 33.7 Å². The third kappa shape index (κ3) is 6.32. The fraction of sp³-hybridized carbons (Fsp3) is 0.750. The number of hydrogen-bond acceptors (Lipinski definition) is 5. The summed E-state index contributed by atoms with van der Waals surface area (Å²) < 4.78 is 41.5. The van der Waals surface area contributed by atoms with Gasteiger partial charge in [-0.15, -0.1) is 0 Å². The molecule has 0 aliphatic rings. The molecule has 3 N–H and O–H groups in total. The quantitative estimate of drug-likeness (QED) is 0.617. The Morgan fingerprint density at radius 3 is 2.44 bits per heavy atom. The van der Waals surface area contributed by atoms with Crippen molar-refractivity contribution in [2.45, 2.75) is 70.7 Å². The molecule has 0 fully saturated rings. The molecule has 1 aromatic rings. The second kappa shape index (κ2) is 7.74. The number of amides is 1. The fourth-order valence-corrected chi connectivity index (χ4v) is 1.89. The van der Waals surface area contributed by atoms with E-state index in [0.717, 1.165) is 0 Å². The maximum absolute atomic E-state index is 12.3. The van der Waals surface area contributed by atoms with Crippen LogP contribution in [0.2, 0.25) is 0 Å². The van der Waals surface area contributed by atoms with Gasteiger partial charge in [0.15, 0.2) is 0 Å². The Kier molecular flexibility index (Phi) is 6.63. The summed E-state index contributed by atoms with van der Waals surface area (Å²) in [4.78, 5) is 12.3. The summed E-state index contributed by atoms with van der Waals surface area (Å²) in [6.45, 7) is 8.37. The van der Waals surface area contributed by atoms with E-state index in [4.69, 9.17) is 4.52 Å². The number of nitrogens with one attached hydrogen (secondary N) is 2. The minimum Gasteiger partial charge on any atom is -0.392 e. The first kappa shape index (κ1) is 21.4.